The Morgan fingerprint density at radius 2 is 1.84 bits per heavy atom. The molecule has 1 aliphatic rings. The molecule has 0 spiro atoms. The van der Waals surface area contributed by atoms with Crippen LogP contribution in [0.25, 0.3) is 10.9 Å². The number of para-hydroxylation sites is 1. The average molecular weight is 463 g/mol. The Balaban J connectivity index is 1.21. The molecule has 0 saturated heterocycles. The van der Waals surface area contributed by atoms with Crippen LogP contribution in [0.1, 0.15) is 11.3 Å². The highest BCUT2D eigenvalue weighted by Crippen LogP contribution is 2.34. The summed E-state index contributed by atoms with van der Waals surface area (Å²) in [5.74, 6) is 0.710. The van der Waals surface area contributed by atoms with E-state index in [1.807, 2.05) is 78.9 Å². The van der Waals surface area contributed by atoms with Gasteiger partial charge in [0.2, 0.25) is 5.12 Å². The first-order chi connectivity index (χ1) is 15.6. The highest BCUT2D eigenvalue weighted by Gasteiger charge is 2.27. The van der Waals surface area contributed by atoms with Crippen LogP contribution in [0, 0.1) is 0 Å². The van der Waals surface area contributed by atoms with E-state index in [-0.39, 0.29) is 11.7 Å². The second-order valence-corrected chi connectivity index (χ2v) is 8.81. The number of aromatic nitrogens is 1. The van der Waals surface area contributed by atoms with Gasteiger partial charge in [-0.3, -0.25) is 4.79 Å². The standard InChI is InChI=1S/C25H19ClN2O3S/c26-18-10-8-17-9-11-19(27-22(17)13-18)15-30-20-5-3-4-16(12-20)14-31-24-25(29)32-23-7-2-1-6-21(23)28-24/h1-13,24,28H,14-15H2. The van der Waals surface area contributed by atoms with Gasteiger partial charge < -0.3 is 14.8 Å². The number of hydrogen-bond acceptors (Lipinski definition) is 6. The van der Waals surface area contributed by atoms with Gasteiger partial charge in [-0.15, -0.1) is 0 Å². The second-order valence-electron chi connectivity index (χ2n) is 7.33. The predicted octanol–water partition coefficient (Wildman–Crippen LogP) is 6.05. The SMILES string of the molecule is O=C1Sc2ccccc2NC1OCc1cccc(OCc2ccc3ccc(Cl)cc3n2)c1. The smallest absolute Gasteiger partial charge is 0.243 e. The second kappa shape index (κ2) is 9.20. The number of nitrogens with zero attached hydrogens (tertiary/aromatic N) is 1. The molecule has 32 heavy (non-hydrogen) atoms. The molecular weight excluding hydrogens is 444 g/mol. The van der Waals surface area contributed by atoms with Crippen molar-refractivity contribution < 1.29 is 14.3 Å². The monoisotopic (exact) mass is 462 g/mol. The number of fused-ring (bicyclic) bond motifs is 2. The quantitative estimate of drug-likeness (QED) is 0.376. The zero-order valence-electron chi connectivity index (χ0n) is 17.0. The van der Waals surface area contributed by atoms with Crippen molar-refractivity contribution in [1.82, 2.24) is 4.98 Å². The van der Waals surface area contributed by atoms with E-state index in [1.54, 1.807) is 0 Å². The van der Waals surface area contributed by atoms with Crippen LogP contribution < -0.4 is 10.1 Å². The van der Waals surface area contributed by atoms with E-state index in [0.29, 0.717) is 17.4 Å². The number of anilines is 1. The molecule has 1 atom stereocenters. The van der Waals surface area contributed by atoms with Crippen molar-refractivity contribution in [2.45, 2.75) is 24.3 Å². The molecule has 1 unspecified atom stereocenters. The zero-order valence-corrected chi connectivity index (χ0v) is 18.5. The number of hydrogen-bond donors (Lipinski definition) is 1. The number of carbonyl (C=O) groups excluding carboxylic acids is 1. The Kier molecular flexibility index (Phi) is 5.99. The maximum Gasteiger partial charge on any atom is 0.243 e. The molecular formula is C25H19ClN2O3S. The van der Waals surface area contributed by atoms with Crippen molar-refractivity contribution in [3.05, 3.63) is 95.1 Å². The Morgan fingerprint density at radius 3 is 2.78 bits per heavy atom. The topological polar surface area (TPSA) is 60.5 Å². The van der Waals surface area contributed by atoms with Gasteiger partial charge in [-0.2, -0.15) is 0 Å². The lowest BCUT2D eigenvalue weighted by Gasteiger charge is -2.25. The number of pyridine rings is 1. The molecule has 7 heteroatoms. The number of nitrogens with one attached hydrogen (secondary N) is 1. The van der Waals surface area contributed by atoms with Crippen molar-refractivity contribution in [2.24, 2.45) is 0 Å². The molecule has 0 radical (unpaired) electrons. The molecule has 5 rings (SSSR count). The lowest BCUT2D eigenvalue weighted by Crippen LogP contribution is -2.33. The minimum atomic E-state index is -0.687. The molecule has 1 N–H and O–H groups in total. The first-order valence-electron chi connectivity index (χ1n) is 10.1. The van der Waals surface area contributed by atoms with Gasteiger partial charge in [0.05, 0.1) is 23.5 Å². The first kappa shape index (κ1) is 20.8. The Labute approximate surface area is 194 Å². The fraction of sp³-hybridized carbons (Fsp3) is 0.120. The number of thioether (sulfide) groups is 1. The van der Waals surface area contributed by atoms with E-state index in [0.717, 1.165) is 32.7 Å². The van der Waals surface area contributed by atoms with Crippen LogP contribution in [0.3, 0.4) is 0 Å². The highest BCUT2D eigenvalue weighted by atomic mass is 35.5. The first-order valence-corrected chi connectivity index (χ1v) is 11.3. The van der Waals surface area contributed by atoms with Gasteiger partial charge in [0.15, 0.2) is 6.23 Å². The van der Waals surface area contributed by atoms with Gasteiger partial charge in [-0.05, 0) is 59.8 Å². The maximum absolute atomic E-state index is 12.4. The molecule has 0 amide bonds. The molecule has 5 nitrogen and oxygen atoms in total. The lowest BCUT2D eigenvalue weighted by molar-refractivity contribution is -0.120. The van der Waals surface area contributed by atoms with E-state index < -0.39 is 6.23 Å². The minimum Gasteiger partial charge on any atom is -0.487 e. The van der Waals surface area contributed by atoms with E-state index >= 15 is 0 Å². The molecule has 1 aromatic heterocycles. The zero-order chi connectivity index (χ0) is 21.9. The summed E-state index contributed by atoms with van der Waals surface area (Å²) in [4.78, 5) is 17.9. The molecule has 3 aromatic carbocycles. The third-order valence-electron chi connectivity index (χ3n) is 5.01. The van der Waals surface area contributed by atoms with E-state index in [2.05, 4.69) is 10.3 Å². The molecule has 0 fully saturated rings. The summed E-state index contributed by atoms with van der Waals surface area (Å²) in [7, 11) is 0. The molecule has 160 valence electrons. The largest absolute Gasteiger partial charge is 0.487 e. The number of rotatable bonds is 6. The number of ether oxygens (including phenoxy) is 2. The van der Waals surface area contributed by atoms with Crippen LogP contribution in [-0.4, -0.2) is 16.3 Å². The van der Waals surface area contributed by atoms with Gasteiger partial charge in [0, 0.05) is 15.3 Å². The summed E-state index contributed by atoms with van der Waals surface area (Å²) >= 11 is 7.27. The van der Waals surface area contributed by atoms with Crippen LogP contribution in [0.15, 0.2) is 83.8 Å². The minimum absolute atomic E-state index is 0.0569. The normalized spacial score (nSPS) is 15.3. The summed E-state index contributed by atoms with van der Waals surface area (Å²) in [6, 6.07) is 24.9. The molecule has 0 saturated carbocycles. The molecule has 1 aliphatic heterocycles. The highest BCUT2D eigenvalue weighted by molar-refractivity contribution is 8.14. The van der Waals surface area contributed by atoms with E-state index in [1.165, 1.54) is 11.8 Å². The summed E-state index contributed by atoms with van der Waals surface area (Å²) < 4.78 is 11.8. The number of benzene rings is 3. The van der Waals surface area contributed by atoms with Crippen LogP contribution >= 0.6 is 23.4 Å². The molecule has 4 aromatic rings. The fourth-order valence-corrected chi connectivity index (χ4v) is 4.42. The lowest BCUT2D eigenvalue weighted by atomic mass is 10.2. The number of halogens is 1. The summed E-state index contributed by atoms with van der Waals surface area (Å²) in [5.41, 5.74) is 3.47. The average Bonchev–Trinajstić information content (AvgIpc) is 2.81. The summed E-state index contributed by atoms with van der Waals surface area (Å²) in [5, 5.41) is 4.79. The summed E-state index contributed by atoms with van der Waals surface area (Å²) in [6.07, 6.45) is -0.687. The van der Waals surface area contributed by atoms with Gasteiger partial charge in [-0.1, -0.05) is 48.0 Å². The van der Waals surface area contributed by atoms with Crippen molar-refractivity contribution >= 4 is 45.1 Å². The Hall–Kier alpha value is -3.06. The van der Waals surface area contributed by atoms with Crippen molar-refractivity contribution in [2.75, 3.05) is 5.32 Å². The summed E-state index contributed by atoms with van der Waals surface area (Å²) in [6.45, 7) is 0.624. The van der Waals surface area contributed by atoms with Crippen LogP contribution in [0.4, 0.5) is 5.69 Å². The Morgan fingerprint density at radius 1 is 0.969 bits per heavy atom. The van der Waals surface area contributed by atoms with Crippen molar-refractivity contribution in [1.29, 1.82) is 0 Å². The van der Waals surface area contributed by atoms with Crippen LogP contribution in [0.2, 0.25) is 5.02 Å². The van der Waals surface area contributed by atoms with Gasteiger partial charge in [-0.25, -0.2) is 4.98 Å². The molecule has 2 heterocycles. The van der Waals surface area contributed by atoms with Crippen molar-refractivity contribution in [3.63, 3.8) is 0 Å². The molecule has 0 bridgehead atoms. The Bertz CT molecular complexity index is 1300. The van der Waals surface area contributed by atoms with E-state index in [4.69, 9.17) is 21.1 Å². The third-order valence-corrected chi connectivity index (χ3v) is 6.24. The van der Waals surface area contributed by atoms with E-state index in [9.17, 15) is 4.79 Å². The fourth-order valence-electron chi connectivity index (χ4n) is 3.42. The van der Waals surface area contributed by atoms with Crippen LogP contribution in [0.5, 0.6) is 5.75 Å². The van der Waals surface area contributed by atoms with Gasteiger partial charge >= 0.3 is 0 Å². The molecule has 0 aliphatic carbocycles. The van der Waals surface area contributed by atoms with Crippen LogP contribution in [-0.2, 0) is 22.7 Å². The third kappa shape index (κ3) is 4.72. The predicted molar refractivity (Wildman–Crippen MR) is 127 cm³/mol. The maximum atomic E-state index is 12.4. The van der Waals surface area contributed by atoms with Gasteiger partial charge in [0.1, 0.15) is 12.4 Å². The van der Waals surface area contributed by atoms with Gasteiger partial charge in [0.25, 0.3) is 0 Å². The number of carbonyl (C=O) groups is 1. The van der Waals surface area contributed by atoms with Crippen molar-refractivity contribution in [3.8, 4) is 5.75 Å².